The standard InChI is InChI=1S/C10H19NO/c11-9-5-6-12-10(9)7-8-3-1-2-4-8/h8-10H,1-7,11H2. The summed E-state index contributed by atoms with van der Waals surface area (Å²) in [6, 6.07) is 0.325. The Morgan fingerprint density at radius 2 is 1.92 bits per heavy atom. The van der Waals surface area contributed by atoms with Crippen LogP contribution in [0.4, 0.5) is 0 Å². The van der Waals surface area contributed by atoms with E-state index in [1.54, 1.807) is 0 Å². The normalized spacial score (nSPS) is 37.8. The van der Waals surface area contributed by atoms with Crippen molar-refractivity contribution in [2.75, 3.05) is 6.61 Å². The molecule has 1 aliphatic heterocycles. The molecule has 0 radical (unpaired) electrons. The summed E-state index contributed by atoms with van der Waals surface area (Å²) in [5.41, 5.74) is 5.93. The Labute approximate surface area is 74.5 Å². The summed E-state index contributed by atoms with van der Waals surface area (Å²) < 4.78 is 5.60. The van der Waals surface area contributed by atoms with E-state index in [-0.39, 0.29) is 0 Å². The van der Waals surface area contributed by atoms with E-state index in [1.807, 2.05) is 0 Å². The van der Waals surface area contributed by atoms with E-state index in [1.165, 1.54) is 32.1 Å². The van der Waals surface area contributed by atoms with E-state index < -0.39 is 0 Å². The molecule has 2 unspecified atom stereocenters. The monoisotopic (exact) mass is 169 g/mol. The first-order valence-electron chi connectivity index (χ1n) is 5.23. The predicted octanol–water partition coefficient (Wildman–Crippen LogP) is 1.68. The lowest BCUT2D eigenvalue weighted by Gasteiger charge is -2.18. The van der Waals surface area contributed by atoms with Gasteiger partial charge in [-0.25, -0.2) is 0 Å². The fourth-order valence-corrected chi connectivity index (χ4v) is 2.48. The summed E-state index contributed by atoms with van der Waals surface area (Å²) >= 11 is 0. The second-order valence-electron chi connectivity index (χ2n) is 4.25. The molecule has 0 amide bonds. The van der Waals surface area contributed by atoms with Crippen molar-refractivity contribution < 1.29 is 4.74 Å². The first-order valence-corrected chi connectivity index (χ1v) is 5.23. The van der Waals surface area contributed by atoms with Gasteiger partial charge in [-0.05, 0) is 18.8 Å². The van der Waals surface area contributed by atoms with Crippen molar-refractivity contribution in [2.24, 2.45) is 11.7 Å². The minimum absolute atomic E-state index is 0.325. The fourth-order valence-electron chi connectivity index (χ4n) is 2.48. The summed E-state index contributed by atoms with van der Waals surface area (Å²) in [5, 5.41) is 0. The van der Waals surface area contributed by atoms with Crippen LogP contribution in [0.1, 0.15) is 38.5 Å². The molecule has 1 saturated heterocycles. The van der Waals surface area contributed by atoms with Crippen molar-refractivity contribution in [3.8, 4) is 0 Å². The Bertz CT molecular complexity index is 143. The Balaban J connectivity index is 1.77. The van der Waals surface area contributed by atoms with Gasteiger partial charge in [0.15, 0.2) is 0 Å². The molecular formula is C10H19NO. The van der Waals surface area contributed by atoms with Gasteiger partial charge in [-0.1, -0.05) is 25.7 Å². The van der Waals surface area contributed by atoms with Crippen LogP contribution >= 0.6 is 0 Å². The SMILES string of the molecule is NC1CCOC1CC1CCCC1. The highest BCUT2D eigenvalue weighted by atomic mass is 16.5. The highest BCUT2D eigenvalue weighted by Gasteiger charge is 2.28. The van der Waals surface area contributed by atoms with E-state index in [0.717, 1.165) is 18.9 Å². The minimum Gasteiger partial charge on any atom is -0.377 e. The van der Waals surface area contributed by atoms with Gasteiger partial charge in [0.2, 0.25) is 0 Å². The Kier molecular flexibility index (Phi) is 2.66. The lowest BCUT2D eigenvalue weighted by atomic mass is 9.96. The van der Waals surface area contributed by atoms with Crippen LogP contribution in [0.5, 0.6) is 0 Å². The van der Waals surface area contributed by atoms with Gasteiger partial charge in [-0.15, -0.1) is 0 Å². The van der Waals surface area contributed by atoms with E-state index in [4.69, 9.17) is 10.5 Å². The Morgan fingerprint density at radius 3 is 2.50 bits per heavy atom. The molecule has 0 aromatic rings. The number of ether oxygens (including phenoxy) is 1. The third-order valence-corrected chi connectivity index (χ3v) is 3.30. The van der Waals surface area contributed by atoms with E-state index in [2.05, 4.69) is 0 Å². The molecule has 2 heteroatoms. The molecule has 0 spiro atoms. The molecule has 0 aromatic heterocycles. The zero-order chi connectivity index (χ0) is 8.39. The molecule has 2 N–H and O–H groups in total. The van der Waals surface area contributed by atoms with Gasteiger partial charge in [-0.2, -0.15) is 0 Å². The molecule has 1 heterocycles. The molecule has 2 atom stereocenters. The van der Waals surface area contributed by atoms with Gasteiger partial charge >= 0.3 is 0 Å². The molecule has 12 heavy (non-hydrogen) atoms. The molecule has 0 aromatic carbocycles. The topological polar surface area (TPSA) is 35.2 Å². The zero-order valence-electron chi connectivity index (χ0n) is 7.67. The zero-order valence-corrected chi connectivity index (χ0v) is 7.67. The summed E-state index contributed by atoms with van der Waals surface area (Å²) in [4.78, 5) is 0. The third-order valence-electron chi connectivity index (χ3n) is 3.30. The van der Waals surface area contributed by atoms with Crippen LogP contribution in [0, 0.1) is 5.92 Å². The van der Waals surface area contributed by atoms with Gasteiger partial charge in [0.05, 0.1) is 6.10 Å². The third kappa shape index (κ3) is 1.80. The van der Waals surface area contributed by atoms with Crippen LogP contribution in [-0.2, 0) is 4.74 Å². The van der Waals surface area contributed by atoms with Gasteiger partial charge in [0.25, 0.3) is 0 Å². The average molecular weight is 169 g/mol. The predicted molar refractivity (Wildman–Crippen MR) is 48.9 cm³/mol. The van der Waals surface area contributed by atoms with Crippen molar-refractivity contribution in [2.45, 2.75) is 50.7 Å². The molecule has 1 saturated carbocycles. The second kappa shape index (κ2) is 3.75. The van der Waals surface area contributed by atoms with Gasteiger partial charge in [0, 0.05) is 12.6 Å². The van der Waals surface area contributed by atoms with Crippen LogP contribution in [0.3, 0.4) is 0 Å². The number of nitrogens with two attached hydrogens (primary N) is 1. The quantitative estimate of drug-likeness (QED) is 0.682. The maximum absolute atomic E-state index is 5.93. The first-order chi connectivity index (χ1) is 5.86. The molecule has 2 nitrogen and oxygen atoms in total. The molecule has 1 aliphatic carbocycles. The Hall–Kier alpha value is -0.0800. The fraction of sp³-hybridized carbons (Fsp3) is 1.00. The van der Waals surface area contributed by atoms with E-state index in [0.29, 0.717) is 12.1 Å². The number of rotatable bonds is 2. The van der Waals surface area contributed by atoms with E-state index >= 15 is 0 Å². The first kappa shape index (κ1) is 8.52. The van der Waals surface area contributed by atoms with Gasteiger partial charge in [-0.3, -0.25) is 0 Å². The molecule has 70 valence electrons. The second-order valence-corrected chi connectivity index (χ2v) is 4.25. The van der Waals surface area contributed by atoms with Crippen molar-refractivity contribution in [3.63, 3.8) is 0 Å². The van der Waals surface area contributed by atoms with Crippen molar-refractivity contribution in [3.05, 3.63) is 0 Å². The van der Waals surface area contributed by atoms with Crippen LogP contribution in [0.15, 0.2) is 0 Å². The molecule has 2 fully saturated rings. The van der Waals surface area contributed by atoms with Crippen LogP contribution in [-0.4, -0.2) is 18.8 Å². The average Bonchev–Trinajstić information content (AvgIpc) is 2.65. The summed E-state index contributed by atoms with van der Waals surface area (Å²) in [6.45, 7) is 0.887. The molecule has 2 rings (SSSR count). The molecule has 2 aliphatic rings. The molecule has 0 bridgehead atoms. The van der Waals surface area contributed by atoms with Crippen molar-refractivity contribution >= 4 is 0 Å². The Morgan fingerprint density at radius 1 is 1.17 bits per heavy atom. The largest absolute Gasteiger partial charge is 0.377 e. The lowest BCUT2D eigenvalue weighted by molar-refractivity contribution is 0.0835. The maximum Gasteiger partial charge on any atom is 0.0729 e. The summed E-state index contributed by atoms with van der Waals surface area (Å²) in [5.74, 6) is 0.916. The maximum atomic E-state index is 5.93. The van der Waals surface area contributed by atoms with Crippen LogP contribution in [0.2, 0.25) is 0 Å². The summed E-state index contributed by atoms with van der Waals surface area (Å²) in [6.07, 6.45) is 8.34. The lowest BCUT2D eigenvalue weighted by Crippen LogP contribution is -2.31. The van der Waals surface area contributed by atoms with Crippen LogP contribution < -0.4 is 5.73 Å². The minimum atomic E-state index is 0.325. The van der Waals surface area contributed by atoms with E-state index in [9.17, 15) is 0 Å². The van der Waals surface area contributed by atoms with Crippen molar-refractivity contribution in [1.82, 2.24) is 0 Å². The smallest absolute Gasteiger partial charge is 0.0729 e. The van der Waals surface area contributed by atoms with Gasteiger partial charge in [0.1, 0.15) is 0 Å². The summed E-state index contributed by atoms with van der Waals surface area (Å²) in [7, 11) is 0. The number of hydrogen-bond acceptors (Lipinski definition) is 2. The van der Waals surface area contributed by atoms with Gasteiger partial charge < -0.3 is 10.5 Å². The highest BCUT2D eigenvalue weighted by molar-refractivity contribution is 4.82. The van der Waals surface area contributed by atoms with Crippen LogP contribution in [0.25, 0.3) is 0 Å². The molecular weight excluding hydrogens is 150 g/mol. The van der Waals surface area contributed by atoms with Crippen molar-refractivity contribution in [1.29, 1.82) is 0 Å². The number of hydrogen-bond donors (Lipinski definition) is 1. The highest BCUT2D eigenvalue weighted by Crippen LogP contribution is 2.31.